The van der Waals surface area contributed by atoms with E-state index in [1.165, 1.54) is 19.1 Å². The van der Waals surface area contributed by atoms with Gasteiger partial charge in [0.05, 0.1) is 6.26 Å². The van der Waals surface area contributed by atoms with Crippen molar-refractivity contribution in [3.8, 4) is 0 Å². The van der Waals surface area contributed by atoms with Gasteiger partial charge in [0.2, 0.25) is 10.0 Å². The van der Waals surface area contributed by atoms with E-state index in [-0.39, 0.29) is 0 Å². The molecule has 1 heterocycles. The number of sulfonamides is 1. The van der Waals surface area contributed by atoms with Crippen LogP contribution in [0, 0.1) is 11.8 Å². The number of nitrogens with zero attached hydrogens (tertiary/aromatic N) is 1. The van der Waals surface area contributed by atoms with Gasteiger partial charge in [-0.25, -0.2) is 12.7 Å². The van der Waals surface area contributed by atoms with Crippen molar-refractivity contribution in [1.29, 1.82) is 0 Å². The molecule has 1 N–H and O–H groups in total. The number of hydrogen-bond acceptors (Lipinski definition) is 3. The van der Waals surface area contributed by atoms with Gasteiger partial charge in [-0.1, -0.05) is 20.8 Å². The Morgan fingerprint density at radius 1 is 1.29 bits per heavy atom. The molecule has 2 unspecified atom stereocenters. The summed E-state index contributed by atoms with van der Waals surface area (Å²) in [4.78, 5) is 0. The third kappa shape index (κ3) is 7.61. The molecule has 0 aliphatic carbocycles. The molecule has 2 atom stereocenters. The number of nitrogens with one attached hydrogen (secondary N) is 1. The first kappa shape index (κ1) is 18.9. The lowest BCUT2D eigenvalue weighted by Crippen LogP contribution is -2.42. The van der Waals surface area contributed by atoms with E-state index in [2.05, 4.69) is 26.1 Å². The zero-order chi connectivity index (χ0) is 15.9. The predicted octanol–water partition coefficient (Wildman–Crippen LogP) is 2.85. The molecule has 5 heteroatoms. The Balaban J connectivity index is 2.51. The molecule has 0 amide bonds. The lowest BCUT2D eigenvalue weighted by molar-refractivity contribution is 0.231. The van der Waals surface area contributed by atoms with Crippen LogP contribution in [0.15, 0.2) is 0 Å². The van der Waals surface area contributed by atoms with E-state index in [1.807, 2.05) is 0 Å². The first-order chi connectivity index (χ1) is 9.82. The molecule has 1 saturated heterocycles. The molecule has 4 nitrogen and oxygen atoms in total. The van der Waals surface area contributed by atoms with Gasteiger partial charge in [0.15, 0.2) is 0 Å². The van der Waals surface area contributed by atoms with Crippen LogP contribution in [-0.4, -0.2) is 44.7 Å². The molecule has 1 rings (SSSR count). The van der Waals surface area contributed by atoms with E-state index in [0.29, 0.717) is 25.0 Å². The van der Waals surface area contributed by atoms with Crippen molar-refractivity contribution in [2.75, 3.05) is 25.9 Å². The Labute approximate surface area is 131 Å². The quantitative estimate of drug-likeness (QED) is 0.711. The summed E-state index contributed by atoms with van der Waals surface area (Å²) in [5.74, 6) is 1.24. The first-order valence-corrected chi connectivity index (χ1v) is 10.4. The zero-order valence-corrected chi connectivity index (χ0v) is 15.1. The van der Waals surface area contributed by atoms with E-state index in [4.69, 9.17) is 0 Å². The summed E-state index contributed by atoms with van der Waals surface area (Å²) in [6, 6.07) is 0.539. The molecule has 0 radical (unpaired) electrons. The molecule has 0 saturated carbocycles. The lowest BCUT2D eigenvalue weighted by Gasteiger charge is -2.33. The maximum atomic E-state index is 11.7. The predicted molar refractivity (Wildman–Crippen MR) is 89.9 cm³/mol. The monoisotopic (exact) mass is 318 g/mol. The highest BCUT2D eigenvalue weighted by Gasteiger charge is 2.27. The van der Waals surface area contributed by atoms with Crippen molar-refractivity contribution >= 4 is 10.0 Å². The van der Waals surface area contributed by atoms with Crippen molar-refractivity contribution < 1.29 is 8.42 Å². The van der Waals surface area contributed by atoms with Crippen molar-refractivity contribution in [2.24, 2.45) is 11.8 Å². The summed E-state index contributed by atoms with van der Waals surface area (Å²) >= 11 is 0. The van der Waals surface area contributed by atoms with E-state index in [0.717, 1.165) is 38.1 Å². The third-order valence-corrected chi connectivity index (χ3v) is 5.61. The topological polar surface area (TPSA) is 49.4 Å². The second kappa shape index (κ2) is 9.11. The number of hydrogen-bond donors (Lipinski definition) is 1. The molecular weight excluding hydrogens is 284 g/mol. The van der Waals surface area contributed by atoms with Gasteiger partial charge in [0.1, 0.15) is 0 Å². The van der Waals surface area contributed by atoms with Crippen LogP contribution in [-0.2, 0) is 10.0 Å². The van der Waals surface area contributed by atoms with Crippen LogP contribution in [0.25, 0.3) is 0 Å². The van der Waals surface area contributed by atoms with Gasteiger partial charge in [-0.15, -0.1) is 0 Å². The van der Waals surface area contributed by atoms with Gasteiger partial charge in [-0.3, -0.25) is 0 Å². The Morgan fingerprint density at radius 3 is 2.57 bits per heavy atom. The summed E-state index contributed by atoms with van der Waals surface area (Å²) in [6.45, 7) is 9.20. The summed E-state index contributed by atoms with van der Waals surface area (Å²) < 4.78 is 25.1. The minimum Gasteiger partial charge on any atom is -0.314 e. The summed E-state index contributed by atoms with van der Waals surface area (Å²) in [6.07, 6.45) is 8.20. The van der Waals surface area contributed by atoms with Gasteiger partial charge in [-0.05, 0) is 56.9 Å². The highest BCUT2D eigenvalue weighted by Crippen LogP contribution is 2.24. The van der Waals surface area contributed by atoms with E-state index < -0.39 is 10.0 Å². The van der Waals surface area contributed by atoms with Crippen LogP contribution in [0.2, 0.25) is 0 Å². The molecule has 0 spiro atoms. The highest BCUT2D eigenvalue weighted by molar-refractivity contribution is 7.88. The average molecular weight is 319 g/mol. The minimum absolute atomic E-state index is 0.509. The molecule has 126 valence electrons. The lowest BCUT2D eigenvalue weighted by atomic mass is 9.89. The molecule has 0 bridgehead atoms. The first-order valence-electron chi connectivity index (χ1n) is 8.51. The van der Waals surface area contributed by atoms with Crippen molar-refractivity contribution in [3.63, 3.8) is 0 Å². The third-order valence-electron chi connectivity index (χ3n) is 4.34. The Hall–Kier alpha value is -0.130. The molecule has 1 aliphatic rings. The van der Waals surface area contributed by atoms with Crippen molar-refractivity contribution in [1.82, 2.24) is 9.62 Å². The zero-order valence-electron chi connectivity index (χ0n) is 14.3. The minimum atomic E-state index is -3.02. The fourth-order valence-electron chi connectivity index (χ4n) is 3.11. The highest BCUT2D eigenvalue weighted by atomic mass is 32.2. The van der Waals surface area contributed by atoms with E-state index >= 15 is 0 Å². The van der Waals surface area contributed by atoms with Gasteiger partial charge >= 0.3 is 0 Å². The van der Waals surface area contributed by atoms with Crippen LogP contribution in [0.3, 0.4) is 0 Å². The van der Waals surface area contributed by atoms with Crippen LogP contribution in [0.4, 0.5) is 0 Å². The second-order valence-electron chi connectivity index (χ2n) is 6.99. The average Bonchev–Trinajstić information content (AvgIpc) is 2.41. The van der Waals surface area contributed by atoms with Crippen molar-refractivity contribution in [2.45, 2.75) is 65.3 Å². The summed E-state index contributed by atoms with van der Waals surface area (Å²) in [5, 5.41) is 3.66. The number of rotatable bonds is 9. The molecule has 0 aromatic heterocycles. The van der Waals surface area contributed by atoms with Gasteiger partial charge in [0.25, 0.3) is 0 Å². The van der Waals surface area contributed by atoms with E-state index in [9.17, 15) is 8.42 Å². The summed E-state index contributed by atoms with van der Waals surface area (Å²) in [5.41, 5.74) is 0. The van der Waals surface area contributed by atoms with Crippen LogP contribution in [0.1, 0.15) is 59.3 Å². The summed E-state index contributed by atoms with van der Waals surface area (Å²) in [7, 11) is -3.02. The van der Waals surface area contributed by atoms with Crippen molar-refractivity contribution in [3.05, 3.63) is 0 Å². The Kier molecular flexibility index (Phi) is 8.21. The van der Waals surface area contributed by atoms with Crippen LogP contribution in [0.5, 0.6) is 0 Å². The fraction of sp³-hybridized carbons (Fsp3) is 1.00. The number of piperidine rings is 1. The normalized spacial score (nSPS) is 22.6. The maximum absolute atomic E-state index is 11.7. The Morgan fingerprint density at radius 2 is 2.00 bits per heavy atom. The second-order valence-corrected chi connectivity index (χ2v) is 8.97. The molecule has 1 fully saturated rings. The molecule has 1 aliphatic heterocycles. The maximum Gasteiger partial charge on any atom is 0.211 e. The standard InChI is InChI=1S/C16H34N2O2S/c1-5-10-17-16(9-8-14(2)3)12-15-7-6-11-18(13-15)21(4,19)20/h14-17H,5-13H2,1-4H3. The molecular formula is C16H34N2O2S. The molecule has 21 heavy (non-hydrogen) atoms. The fourth-order valence-corrected chi connectivity index (χ4v) is 4.05. The van der Waals surface area contributed by atoms with Gasteiger partial charge < -0.3 is 5.32 Å². The largest absolute Gasteiger partial charge is 0.314 e. The molecule has 0 aromatic carbocycles. The smallest absolute Gasteiger partial charge is 0.211 e. The van der Waals surface area contributed by atoms with E-state index in [1.54, 1.807) is 4.31 Å². The van der Waals surface area contributed by atoms with Gasteiger partial charge in [-0.2, -0.15) is 0 Å². The Bertz CT molecular complexity index is 382. The van der Waals surface area contributed by atoms with Gasteiger partial charge in [0, 0.05) is 19.1 Å². The molecule has 0 aromatic rings. The van der Waals surface area contributed by atoms with Crippen LogP contribution < -0.4 is 5.32 Å². The SMILES string of the molecule is CCCNC(CCC(C)C)CC1CCCN(S(C)(=O)=O)C1. The van der Waals surface area contributed by atoms with Crippen LogP contribution >= 0.6 is 0 Å².